The van der Waals surface area contributed by atoms with Gasteiger partial charge in [-0.25, -0.2) is 4.79 Å². The Morgan fingerprint density at radius 1 is 0.971 bits per heavy atom. The van der Waals surface area contributed by atoms with Crippen LogP contribution in [0.5, 0.6) is 11.5 Å². The Morgan fingerprint density at radius 2 is 1.56 bits per heavy atom. The van der Waals surface area contributed by atoms with Gasteiger partial charge in [-0.2, -0.15) is 21.6 Å². The molecule has 0 heterocycles. The average molecular weight is 494 g/mol. The number of hydrogen-bond acceptors (Lipinski definition) is 6. The zero-order valence-electron chi connectivity index (χ0n) is 18.2. The first-order valence-corrected chi connectivity index (χ1v) is 11.5. The largest absolute Gasteiger partial charge is 0.534 e. The van der Waals surface area contributed by atoms with Gasteiger partial charge in [-0.1, -0.05) is 37.3 Å². The number of benzene rings is 3. The van der Waals surface area contributed by atoms with E-state index in [1.54, 1.807) is 38.1 Å². The van der Waals surface area contributed by atoms with E-state index >= 15 is 0 Å². The smallest absolute Gasteiger partial charge is 0.508 e. The molecular weight excluding hydrogens is 473 g/mol. The molecule has 1 unspecified atom stereocenters. The third-order valence-electron chi connectivity index (χ3n) is 5.08. The van der Waals surface area contributed by atoms with Crippen LogP contribution in [0.4, 0.5) is 13.2 Å². The van der Waals surface area contributed by atoms with Gasteiger partial charge in [0.1, 0.15) is 11.5 Å². The topological polar surface area (TPSA) is 89.9 Å². The first kappa shape index (κ1) is 25.1. The minimum absolute atomic E-state index is 0.0373. The minimum Gasteiger partial charge on any atom is -0.508 e. The zero-order chi connectivity index (χ0) is 25.1. The molecule has 0 spiro atoms. The van der Waals surface area contributed by atoms with E-state index < -0.39 is 33.3 Å². The maximum absolute atomic E-state index is 13.0. The molecule has 3 rings (SSSR count). The summed E-state index contributed by atoms with van der Waals surface area (Å²) < 4.78 is 71.7. The summed E-state index contributed by atoms with van der Waals surface area (Å²) in [5, 5.41) is 9.51. The normalized spacial score (nSPS) is 12.7. The summed E-state index contributed by atoms with van der Waals surface area (Å²) >= 11 is 0. The van der Waals surface area contributed by atoms with Crippen LogP contribution in [0.25, 0.3) is 11.1 Å². The molecule has 3 aromatic carbocycles. The average Bonchev–Trinajstić information content (AvgIpc) is 2.79. The fourth-order valence-electron chi connectivity index (χ4n) is 3.26. The summed E-state index contributed by atoms with van der Waals surface area (Å²) in [5.41, 5.74) is -3.29. The van der Waals surface area contributed by atoms with Crippen LogP contribution < -0.4 is 4.18 Å². The lowest BCUT2D eigenvalue weighted by atomic mass is 9.89. The number of aromatic hydroxyl groups is 1. The van der Waals surface area contributed by atoms with E-state index in [9.17, 15) is 31.5 Å². The minimum atomic E-state index is -5.89. The van der Waals surface area contributed by atoms with E-state index in [1.165, 1.54) is 36.4 Å². The van der Waals surface area contributed by atoms with Crippen LogP contribution in [-0.2, 0) is 14.9 Å². The van der Waals surface area contributed by atoms with Crippen LogP contribution in [-0.4, -0.2) is 31.6 Å². The second-order valence-corrected chi connectivity index (χ2v) is 8.88. The number of rotatable bonds is 7. The van der Waals surface area contributed by atoms with Crippen molar-refractivity contribution in [3.05, 3.63) is 83.4 Å². The Hall–Kier alpha value is -3.53. The summed E-state index contributed by atoms with van der Waals surface area (Å²) in [5.74, 6) is -1.56. The predicted octanol–water partition coefficient (Wildman–Crippen LogP) is 5.62. The van der Waals surface area contributed by atoms with Crippen molar-refractivity contribution < 1.29 is 40.4 Å². The number of phenols is 1. The van der Waals surface area contributed by atoms with Crippen molar-refractivity contribution in [2.24, 2.45) is 0 Å². The van der Waals surface area contributed by atoms with Crippen molar-refractivity contribution >= 4 is 16.1 Å². The molecule has 6 nitrogen and oxygen atoms in total. The van der Waals surface area contributed by atoms with Gasteiger partial charge in [-0.3, -0.25) is 0 Å². The summed E-state index contributed by atoms with van der Waals surface area (Å²) in [6, 6.07) is 16.5. The van der Waals surface area contributed by atoms with Gasteiger partial charge in [-0.15, -0.1) is 0 Å². The molecule has 180 valence electrons. The highest BCUT2D eigenvalue weighted by Crippen LogP contribution is 2.38. The van der Waals surface area contributed by atoms with Crippen molar-refractivity contribution in [3.63, 3.8) is 0 Å². The van der Waals surface area contributed by atoms with Crippen LogP contribution in [0.2, 0.25) is 0 Å². The molecule has 0 amide bonds. The Morgan fingerprint density at radius 3 is 2.12 bits per heavy atom. The lowest BCUT2D eigenvalue weighted by Gasteiger charge is -2.19. The van der Waals surface area contributed by atoms with E-state index in [2.05, 4.69) is 4.18 Å². The highest BCUT2D eigenvalue weighted by Gasteiger charge is 2.49. The molecule has 0 saturated heterocycles. The maximum atomic E-state index is 13.0. The maximum Gasteiger partial charge on any atom is 0.534 e. The van der Waals surface area contributed by atoms with Gasteiger partial charge in [-0.05, 0) is 60.0 Å². The molecule has 0 bridgehead atoms. The molecule has 0 aliphatic rings. The molecule has 0 fully saturated rings. The van der Waals surface area contributed by atoms with Gasteiger partial charge >= 0.3 is 21.6 Å². The summed E-state index contributed by atoms with van der Waals surface area (Å²) in [6.45, 7) is 3.55. The molecule has 0 aliphatic carbocycles. The van der Waals surface area contributed by atoms with Crippen molar-refractivity contribution in [2.45, 2.75) is 25.3 Å². The first-order chi connectivity index (χ1) is 15.9. The third-order valence-corrected chi connectivity index (χ3v) is 6.05. The fraction of sp³-hybridized carbons (Fsp3) is 0.208. The Kier molecular flexibility index (Phi) is 7.21. The van der Waals surface area contributed by atoms with Gasteiger partial charge in [0.15, 0.2) is 0 Å². The zero-order valence-corrected chi connectivity index (χ0v) is 19.0. The van der Waals surface area contributed by atoms with Crippen LogP contribution in [0.15, 0.2) is 66.7 Å². The molecular formula is C24H21F3O6S. The highest BCUT2D eigenvalue weighted by atomic mass is 32.2. The quantitative estimate of drug-likeness (QED) is 0.261. The van der Waals surface area contributed by atoms with Gasteiger partial charge in [0.2, 0.25) is 0 Å². The van der Waals surface area contributed by atoms with Crippen molar-refractivity contribution in [3.8, 4) is 22.6 Å². The summed E-state index contributed by atoms with van der Waals surface area (Å²) in [4.78, 5) is 11.9. The number of carbonyl (C=O) groups excluding carboxylic acids is 1. The van der Waals surface area contributed by atoms with Gasteiger partial charge in [0.25, 0.3) is 0 Å². The van der Waals surface area contributed by atoms with Crippen LogP contribution in [0, 0.1) is 0 Å². The molecule has 0 aliphatic heterocycles. The number of hydrogen-bond donors (Lipinski definition) is 1. The molecule has 34 heavy (non-hydrogen) atoms. The highest BCUT2D eigenvalue weighted by molar-refractivity contribution is 7.88. The Bertz CT molecular complexity index is 1270. The number of halogens is 3. The van der Waals surface area contributed by atoms with Gasteiger partial charge in [0, 0.05) is 11.5 Å². The van der Waals surface area contributed by atoms with Gasteiger partial charge < -0.3 is 14.0 Å². The van der Waals surface area contributed by atoms with Crippen molar-refractivity contribution in [2.75, 3.05) is 6.61 Å². The Balaban J connectivity index is 2.06. The summed E-state index contributed by atoms with van der Waals surface area (Å²) in [7, 11) is -5.89. The standard InChI is InChI=1S/C24H21F3O6S/c1-3-32-23(29)18-6-4-16(5-7-18)15(2)21-14-19(17-8-11-20(28)12-9-17)10-13-22(21)33-34(30,31)24(25,26)27/h4-15,28H,3H2,1-2H3. The number of alkyl halides is 3. The van der Waals surface area contributed by atoms with Crippen LogP contribution in [0.1, 0.15) is 41.3 Å². The molecule has 0 radical (unpaired) electrons. The molecule has 0 saturated carbocycles. The molecule has 10 heteroatoms. The predicted molar refractivity (Wildman–Crippen MR) is 119 cm³/mol. The van der Waals surface area contributed by atoms with E-state index in [1.807, 2.05) is 0 Å². The van der Waals surface area contributed by atoms with Crippen LogP contribution in [0.3, 0.4) is 0 Å². The van der Waals surface area contributed by atoms with E-state index in [0.29, 0.717) is 22.3 Å². The Labute approximate surface area is 194 Å². The van der Waals surface area contributed by atoms with E-state index in [4.69, 9.17) is 4.74 Å². The number of phenolic OH excluding ortho intramolecular Hbond substituents is 1. The second-order valence-electron chi connectivity index (χ2n) is 7.35. The number of carbonyl (C=O) groups is 1. The van der Waals surface area contributed by atoms with E-state index in [0.717, 1.165) is 6.07 Å². The SMILES string of the molecule is CCOC(=O)c1ccc(C(C)c2cc(-c3ccc(O)cc3)ccc2OS(=O)(=O)C(F)(F)F)cc1. The van der Waals surface area contributed by atoms with Crippen molar-refractivity contribution in [1.29, 1.82) is 0 Å². The number of ether oxygens (including phenoxy) is 1. The molecule has 3 aromatic rings. The molecule has 1 N–H and O–H groups in total. The lowest BCUT2D eigenvalue weighted by Crippen LogP contribution is -2.28. The van der Waals surface area contributed by atoms with Crippen LogP contribution >= 0.6 is 0 Å². The monoisotopic (exact) mass is 494 g/mol. The third kappa shape index (κ3) is 5.51. The van der Waals surface area contributed by atoms with Gasteiger partial charge in [0.05, 0.1) is 12.2 Å². The van der Waals surface area contributed by atoms with Crippen molar-refractivity contribution in [1.82, 2.24) is 0 Å². The fourth-order valence-corrected chi connectivity index (χ4v) is 3.75. The van der Waals surface area contributed by atoms with E-state index in [-0.39, 0.29) is 17.9 Å². The first-order valence-electron chi connectivity index (χ1n) is 10.1. The molecule has 1 atom stereocenters. The molecule has 0 aromatic heterocycles. The summed E-state index contributed by atoms with van der Waals surface area (Å²) in [6.07, 6.45) is 0. The lowest BCUT2D eigenvalue weighted by molar-refractivity contribution is -0.0500. The second kappa shape index (κ2) is 9.76. The number of esters is 1.